The zero-order valence-electron chi connectivity index (χ0n) is 14.7. The summed E-state index contributed by atoms with van der Waals surface area (Å²) in [5.74, 6) is 1.69. The van der Waals surface area contributed by atoms with Gasteiger partial charge in [0.25, 0.3) is 0 Å². The molecular formula is C19H24N4OS. The first-order valence-corrected chi connectivity index (χ1v) is 9.85. The number of hydrogen-bond donors (Lipinski definition) is 1. The van der Waals surface area contributed by atoms with Gasteiger partial charge < -0.3 is 5.11 Å². The smallest absolute Gasteiger partial charge is 0.230 e. The molecule has 1 fully saturated rings. The van der Waals surface area contributed by atoms with Crippen LogP contribution >= 0.6 is 11.3 Å². The summed E-state index contributed by atoms with van der Waals surface area (Å²) in [5.41, 5.74) is 1.21. The number of benzene rings is 1. The van der Waals surface area contributed by atoms with Crippen molar-refractivity contribution in [1.82, 2.24) is 19.5 Å². The van der Waals surface area contributed by atoms with Gasteiger partial charge in [-0.25, -0.2) is 4.98 Å². The molecule has 1 N–H and O–H groups in total. The van der Waals surface area contributed by atoms with Crippen LogP contribution in [0, 0.1) is 5.92 Å². The standard InChI is InChI=1S/C19H24N4OS/c1-3-15-20-19-23(21-15)18(24)17(25-19)16(14-9-5-4-6-10-14)22-11-7-8-13(2)12-22/h4-6,9-10,13,16,24H,3,7-8,11-12H2,1-2H3/t13-,16-/m0/s1. The number of fused-ring (bicyclic) bond motifs is 1. The van der Waals surface area contributed by atoms with Crippen molar-refractivity contribution in [3.63, 3.8) is 0 Å². The van der Waals surface area contributed by atoms with Crippen LogP contribution in [-0.2, 0) is 6.42 Å². The normalized spacial score (nSPS) is 20.2. The first kappa shape index (κ1) is 16.5. The van der Waals surface area contributed by atoms with Crippen LogP contribution < -0.4 is 0 Å². The predicted molar refractivity (Wildman–Crippen MR) is 100 cm³/mol. The zero-order valence-corrected chi connectivity index (χ0v) is 15.5. The van der Waals surface area contributed by atoms with Crippen LogP contribution in [0.1, 0.15) is 49.0 Å². The van der Waals surface area contributed by atoms with Crippen molar-refractivity contribution in [2.75, 3.05) is 13.1 Å². The van der Waals surface area contributed by atoms with E-state index in [0.717, 1.165) is 35.2 Å². The molecule has 1 saturated heterocycles. The van der Waals surface area contributed by atoms with Crippen molar-refractivity contribution >= 4 is 16.3 Å². The maximum Gasteiger partial charge on any atom is 0.230 e. The molecule has 0 spiro atoms. The summed E-state index contributed by atoms with van der Waals surface area (Å²) in [6.07, 6.45) is 3.25. The molecule has 132 valence electrons. The summed E-state index contributed by atoms with van der Waals surface area (Å²) in [7, 11) is 0. The van der Waals surface area contributed by atoms with E-state index in [0.29, 0.717) is 5.92 Å². The van der Waals surface area contributed by atoms with E-state index in [1.54, 1.807) is 15.9 Å². The number of piperidine rings is 1. The molecule has 2 atom stereocenters. The first-order chi connectivity index (χ1) is 12.2. The van der Waals surface area contributed by atoms with Gasteiger partial charge in [0, 0.05) is 13.0 Å². The van der Waals surface area contributed by atoms with Gasteiger partial charge in [-0.05, 0) is 30.9 Å². The minimum absolute atomic E-state index is 0.0579. The van der Waals surface area contributed by atoms with Crippen LogP contribution in [0.3, 0.4) is 0 Å². The minimum atomic E-state index is 0.0579. The molecule has 0 radical (unpaired) electrons. The molecule has 5 nitrogen and oxygen atoms in total. The molecule has 25 heavy (non-hydrogen) atoms. The number of aryl methyl sites for hydroxylation is 1. The monoisotopic (exact) mass is 356 g/mol. The van der Waals surface area contributed by atoms with Gasteiger partial charge in [0.1, 0.15) is 0 Å². The Morgan fingerprint density at radius 1 is 1.32 bits per heavy atom. The summed E-state index contributed by atoms with van der Waals surface area (Å²) < 4.78 is 1.60. The van der Waals surface area contributed by atoms with Gasteiger partial charge in [-0.2, -0.15) is 4.52 Å². The largest absolute Gasteiger partial charge is 0.492 e. The highest BCUT2D eigenvalue weighted by Crippen LogP contribution is 2.41. The van der Waals surface area contributed by atoms with Gasteiger partial charge in [0.2, 0.25) is 10.8 Å². The molecule has 1 aliphatic rings. The van der Waals surface area contributed by atoms with E-state index in [4.69, 9.17) is 0 Å². The van der Waals surface area contributed by atoms with E-state index in [2.05, 4.69) is 46.2 Å². The number of aromatic nitrogens is 3. The summed E-state index contributed by atoms with van der Waals surface area (Å²) in [6.45, 7) is 6.44. The second-order valence-corrected chi connectivity index (χ2v) is 7.93. The summed E-state index contributed by atoms with van der Waals surface area (Å²) in [5, 5.41) is 15.3. The fraction of sp³-hybridized carbons (Fsp3) is 0.474. The van der Waals surface area contributed by atoms with Crippen LogP contribution in [0.25, 0.3) is 4.96 Å². The third-order valence-corrected chi connectivity index (χ3v) is 6.05. The second-order valence-electron chi connectivity index (χ2n) is 6.92. The average Bonchev–Trinajstić information content (AvgIpc) is 3.16. The Morgan fingerprint density at radius 3 is 2.80 bits per heavy atom. The molecule has 0 bridgehead atoms. The van der Waals surface area contributed by atoms with Gasteiger partial charge in [-0.3, -0.25) is 4.90 Å². The Kier molecular flexibility index (Phi) is 4.48. The van der Waals surface area contributed by atoms with Crippen molar-refractivity contribution in [1.29, 1.82) is 0 Å². The molecule has 0 aliphatic carbocycles. The number of rotatable bonds is 4. The van der Waals surface area contributed by atoms with Crippen LogP contribution in [-0.4, -0.2) is 37.7 Å². The van der Waals surface area contributed by atoms with Gasteiger partial charge >= 0.3 is 0 Å². The molecule has 3 aromatic rings. The van der Waals surface area contributed by atoms with Gasteiger partial charge in [-0.15, -0.1) is 5.10 Å². The summed E-state index contributed by atoms with van der Waals surface area (Å²) in [4.78, 5) is 8.75. The highest BCUT2D eigenvalue weighted by atomic mass is 32.1. The third-order valence-electron chi connectivity index (χ3n) is 4.98. The number of nitrogens with zero attached hydrogens (tertiary/aromatic N) is 4. The van der Waals surface area contributed by atoms with E-state index in [1.807, 2.05) is 13.0 Å². The van der Waals surface area contributed by atoms with Crippen molar-refractivity contribution in [2.45, 2.75) is 39.2 Å². The Labute approximate surface area is 151 Å². The van der Waals surface area contributed by atoms with E-state index >= 15 is 0 Å². The maximum atomic E-state index is 10.9. The highest BCUT2D eigenvalue weighted by molar-refractivity contribution is 7.17. The predicted octanol–water partition coefficient (Wildman–Crippen LogP) is 3.88. The molecule has 0 saturated carbocycles. The lowest BCUT2D eigenvalue weighted by atomic mass is 9.95. The Bertz CT molecular complexity index is 857. The van der Waals surface area contributed by atoms with Crippen LogP contribution in [0.15, 0.2) is 30.3 Å². The van der Waals surface area contributed by atoms with Gasteiger partial charge in [0.05, 0.1) is 10.9 Å². The van der Waals surface area contributed by atoms with E-state index in [1.165, 1.54) is 18.4 Å². The van der Waals surface area contributed by atoms with E-state index < -0.39 is 0 Å². The number of thiazole rings is 1. The fourth-order valence-electron chi connectivity index (χ4n) is 3.74. The van der Waals surface area contributed by atoms with Gasteiger partial charge in [0.15, 0.2) is 5.82 Å². The molecule has 6 heteroatoms. The molecule has 4 rings (SSSR count). The van der Waals surface area contributed by atoms with Crippen LogP contribution in [0.4, 0.5) is 0 Å². The van der Waals surface area contributed by atoms with Crippen molar-refractivity contribution in [2.24, 2.45) is 5.92 Å². The molecule has 1 aromatic carbocycles. The SMILES string of the molecule is CCc1nc2sc([C@H](c3ccccc3)N3CCC[C@H](C)C3)c(O)n2n1. The summed E-state index contributed by atoms with van der Waals surface area (Å²) >= 11 is 1.56. The van der Waals surface area contributed by atoms with E-state index in [9.17, 15) is 5.11 Å². The molecule has 2 aromatic heterocycles. The second kappa shape index (κ2) is 6.77. The van der Waals surface area contributed by atoms with E-state index in [-0.39, 0.29) is 11.9 Å². The number of likely N-dealkylation sites (tertiary alicyclic amines) is 1. The lowest BCUT2D eigenvalue weighted by Crippen LogP contribution is -2.37. The summed E-state index contributed by atoms with van der Waals surface area (Å²) in [6, 6.07) is 10.5. The molecular weight excluding hydrogens is 332 g/mol. The van der Waals surface area contributed by atoms with Gasteiger partial charge in [-0.1, -0.05) is 55.5 Å². The minimum Gasteiger partial charge on any atom is -0.492 e. The van der Waals surface area contributed by atoms with Crippen molar-refractivity contribution in [3.8, 4) is 5.88 Å². The lowest BCUT2D eigenvalue weighted by Gasteiger charge is -2.37. The Morgan fingerprint density at radius 2 is 2.12 bits per heavy atom. The van der Waals surface area contributed by atoms with Crippen molar-refractivity contribution in [3.05, 3.63) is 46.6 Å². The molecule has 1 aliphatic heterocycles. The maximum absolute atomic E-state index is 10.9. The lowest BCUT2D eigenvalue weighted by molar-refractivity contribution is 0.149. The molecule has 0 unspecified atom stereocenters. The average molecular weight is 356 g/mol. The fourth-order valence-corrected chi connectivity index (χ4v) is 4.88. The zero-order chi connectivity index (χ0) is 17.4. The number of aromatic hydroxyl groups is 1. The number of hydrogen-bond acceptors (Lipinski definition) is 5. The molecule has 0 amide bonds. The topological polar surface area (TPSA) is 53.7 Å². The van der Waals surface area contributed by atoms with Crippen LogP contribution in [0.2, 0.25) is 0 Å². The third kappa shape index (κ3) is 3.04. The Hall–Kier alpha value is -1.92. The Balaban J connectivity index is 1.80. The van der Waals surface area contributed by atoms with Crippen LogP contribution in [0.5, 0.6) is 5.88 Å². The first-order valence-electron chi connectivity index (χ1n) is 9.03. The highest BCUT2D eigenvalue weighted by Gasteiger charge is 2.31. The quantitative estimate of drug-likeness (QED) is 0.771. The molecule has 3 heterocycles. The van der Waals surface area contributed by atoms with Crippen molar-refractivity contribution < 1.29 is 5.11 Å².